The third-order valence-corrected chi connectivity index (χ3v) is 4.23. The largest absolute Gasteiger partial charge is 0.454 e. The van der Waals surface area contributed by atoms with E-state index in [1.54, 1.807) is 0 Å². The fourth-order valence-corrected chi connectivity index (χ4v) is 3.24. The Kier molecular flexibility index (Phi) is 6.61. The number of aliphatic imine (C=N–C) groups is 1. The Labute approximate surface area is 156 Å². The lowest BCUT2D eigenvalue weighted by Crippen LogP contribution is -2.39. The average Bonchev–Trinajstić information content (AvgIpc) is 3.14. The van der Waals surface area contributed by atoms with Crippen LogP contribution in [-0.2, 0) is 6.54 Å². The third-order valence-electron chi connectivity index (χ3n) is 3.64. The Hall–Kier alpha value is -0.700. The predicted molar refractivity (Wildman–Crippen MR) is 101 cm³/mol. The van der Waals surface area contributed by atoms with E-state index in [1.807, 2.05) is 12.1 Å². The van der Waals surface area contributed by atoms with E-state index in [4.69, 9.17) is 14.5 Å². The van der Waals surface area contributed by atoms with Crippen LogP contribution in [0.1, 0.15) is 25.3 Å². The molecule has 1 aromatic carbocycles. The summed E-state index contributed by atoms with van der Waals surface area (Å²) in [4.78, 5) is 7.07. The van der Waals surface area contributed by atoms with Crippen molar-refractivity contribution >= 4 is 45.9 Å². The number of fused-ring (bicyclic) bond motifs is 1. The Morgan fingerprint density at radius 2 is 2.09 bits per heavy atom. The molecule has 1 aromatic rings. The molecule has 7 heteroatoms. The number of rotatable bonds is 3. The standard InChI is InChI=1S/C15H20BrN3O2.HI/c1-2-17-15(19-5-3-4-6-19)18-9-11-7-12(16)14-13(8-11)20-10-21-14;/h7-8H,2-6,9-10H2,1H3,(H,17,18);1H. The monoisotopic (exact) mass is 481 g/mol. The molecule has 122 valence electrons. The van der Waals surface area contributed by atoms with Crippen molar-refractivity contribution in [3.8, 4) is 11.5 Å². The lowest BCUT2D eigenvalue weighted by molar-refractivity contribution is 0.173. The van der Waals surface area contributed by atoms with E-state index in [1.165, 1.54) is 12.8 Å². The van der Waals surface area contributed by atoms with Gasteiger partial charge in [0.2, 0.25) is 6.79 Å². The predicted octanol–water partition coefficient (Wildman–Crippen LogP) is 3.36. The van der Waals surface area contributed by atoms with Gasteiger partial charge in [-0.3, -0.25) is 0 Å². The molecule has 1 N–H and O–H groups in total. The van der Waals surface area contributed by atoms with E-state index >= 15 is 0 Å². The molecule has 0 aromatic heterocycles. The zero-order valence-corrected chi connectivity index (χ0v) is 16.5. The maximum atomic E-state index is 5.45. The number of ether oxygens (including phenoxy) is 2. The maximum absolute atomic E-state index is 5.45. The molecular formula is C15H21BrIN3O2. The van der Waals surface area contributed by atoms with E-state index in [9.17, 15) is 0 Å². The number of likely N-dealkylation sites (tertiary alicyclic amines) is 1. The molecule has 22 heavy (non-hydrogen) atoms. The van der Waals surface area contributed by atoms with Crippen LogP contribution in [0.3, 0.4) is 0 Å². The Morgan fingerprint density at radius 1 is 1.32 bits per heavy atom. The minimum Gasteiger partial charge on any atom is -0.454 e. The summed E-state index contributed by atoms with van der Waals surface area (Å²) in [5.74, 6) is 2.58. The van der Waals surface area contributed by atoms with Crippen LogP contribution in [0.15, 0.2) is 21.6 Å². The van der Waals surface area contributed by atoms with Gasteiger partial charge in [0, 0.05) is 19.6 Å². The first-order valence-corrected chi connectivity index (χ1v) is 8.18. The number of hydrogen-bond acceptors (Lipinski definition) is 3. The van der Waals surface area contributed by atoms with Crippen molar-refractivity contribution in [3.63, 3.8) is 0 Å². The van der Waals surface area contributed by atoms with Crippen molar-refractivity contribution in [3.05, 3.63) is 22.2 Å². The zero-order chi connectivity index (χ0) is 14.7. The van der Waals surface area contributed by atoms with Gasteiger partial charge in [0.15, 0.2) is 17.5 Å². The molecule has 0 aliphatic carbocycles. The molecule has 0 amide bonds. The molecule has 0 spiro atoms. The van der Waals surface area contributed by atoms with Crippen LogP contribution in [0.5, 0.6) is 11.5 Å². The summed E-state index contributed by atoms with van der Waals surface area (Å²) in [6, 6.07) is 4.05. The number of benzene rings is 1. The molecule has 0 unspecified atom stereocenters. The fraction of sp³-hybridized carbons (Fsp3) is 0.533. The smallest absolute Gasteiger partial charge is 0.231 e. The first kappa shape index (κ1) is 17.7. The van der Waals surface area contributed by atoms with Crippen LogP contribution in [-0.4, -0.2) is 37.3 Å². The summed E-state index contributed by atoms with van der Waals surface area (Å²) < 4.78 is 11.8. The Morgan fingerprint density at radius 3 is 2.82 bits per heavy atom. The van der Waals surface area contributed by atoms with Crippen LogP contribution >= 0.6 is 39.9 Å². The molecule has 2 aliphatic rings. The summed E-state index contributed by atoms with van der Waals surface area (Å²) in [6.07, 6.45) is 2.50. The minimum absolute atomic E-state index is 0. The van der Waals surface area contributed by atoms with E-state index < -0.39 is 0 Å². The van der Waals surface area contributed by atoms with Crippen LogP contribution in [0.2, 0.25) is 0 Å². The quantitative estimate of drug-likeness (QED) is 0.408. The topological polar surface area (TPSA) is 46.1 Å². The lowest BCUT2D eigenvalue weighted by Gasteiger charge is -2.20. The lowest BCUT2D eigenvalue weighted by atomic mass is 10.2. The van der Waals surface area contributed by atoms with Gasteiger partial charge in [0.25, 0.3) is 0 Å². The highest BCUT2D eigenvalue weighted by atomic mass is 127. The maximum Gasteiger partial charge on any atom is 0.231 e. The third kappa shape index (κ3) is 3.98. The molecule has 2 heterocycles. The van der Waals surface area contributed by atoms with Gasteiger partial charge in [0.05, 0.1) is 11.0 Å². The summed E-state index contributed by atoms with van der Waals surface area (Å²) in [5, 5.41) is 3.37. The molecule has 0 saturated carbocycles. The van der Waals surface area contributed by atoms with Crippen molar-refractivity contribution in [1.82, 2.24) is 10.2 Å². The molecular weight excluding hydrogens is 461 g/mol. The van der Waals surface area contributed by atoms with E-state index in [-0.39, 0.29) is 30.8 Å². The van der Waals surface area contributed by atoms with Crippen LogP contribution in [0, 0.1) is 0 Å². The van der Waals surface area contributed by atoms with Gasteiger partial charge in [-0.05, 0) is 53.4 Å². The van der Waals surface area contributed by atoms with Gasteiger partial charge in [-0.2, -0.15) is 0 Å². The van der Waals surface area contributed by atoms with Gasteiger partial charge in [-0.15, -0.1) is 24.0 Å². The molecule has 3 rings (SSSR count). The first-order valence-electron chi connectivity index (χ1n) is 7.39. The Bertz CT molecular complexity index is 548. The van der Waals surface area contributed by atoms with E-state index in [2.05, 4.69) is 33.1 Å². The average molecular weight is 482 g/mol. The SMILES string of the molecule is CCNC(=NCc1cc(Br)c2c(c1)OCO2)N1CCCC1.I. The number of guanidine groups is 1. The van der Waals surface area contributed by atoms with Crippen molar-refractivity contribution in [2.75, 3.05) is 26.4 Å². The first-order chi connectivity index (χ1) is 10.3. The zero-order valence-electron chi connectivity index (χ0n) is 12.6. The highest BCUT2D eigenvalue weighted by Gasteiger charge is 2.19. The molecule has 1 fully saturated rings. The minimum atomic E-state index is 0. The number of halogens is 2. The van der Waals surface area contributed by atoms with Gasteiger partial charge in [-0.1, -0.05) is 0 Å². The van der Waals surface area contributed by atoms with Gasteiger partial charge in [0.1, 0.15) is 0 Å². The van der Waals surface area contributed by atoms with Crippen molar-refractivity contribution in [2.24, 2.45) is 4.99 Å². The van der Waals surface area contributed by atoms with Crippen molar-refractivity contribution < 1.29 is 9.47 Å². The number of nitrogens with zero attached hydrogens (tertiary/aromatic N) is 2. The van der Waals surface area contributed by atoms with Gasteiger partial charge in [-0.25, -0.2) is 4.99 Å². The highest BCUT2D eigenvalue weighted by molar-refractivity contribution is 14.0. The normalized spacial score (nSPS) is 16.6. The molecule has 0 atom stereocenters. The number of hydrogen-bond donors (Lipinski definition) is 1. The van der Waals surface area contributed by atoms with Crippen molar-refractivity contribution in [2.45, 2.75) is 26.3 Å². The van der Waals surface area contributed by atoms with Crippen LogP contribution in [0.4, 0.5) is 0 Å². The van der Waals surface area contributed by atoms with E-state index in [0.717, 1.165) is 47.1 Å². The molecule has 5 nitrogen and oxygen atoms in total. The highest BCUT2D eigenvalue weighted by Crippen LogP contribution is 2.40. The summed E-state index contributed by atoms with van der Waals surface area (Å²) in [5.41, 5.74) is 1.11. The summed E-state index contributed by atoms with van der Waals surface area (Å²) in [7, 11) is 0. The number of nitrogens with one attached hydrogen (secondary N) is 1. The molecule has 1 saturated heterocycles. The molecule has 0 radical (unpaired) electrons. The Balaban J connectivity index is 0.00000176. The summed E-state index contributed by atoms with van der Waals surface area (Å²) in [6.45, 7) is 6.10. The summed E-state index contributed by atoms with van der Waals surface area (Å²) >= 11 is 3.52. The van der Waals surface area contributed by atoms with Gasteiger partial charge >= 0.3 is 0 Å². The van der Waals surface area contributed by atoms with Crippen molar-refractivity contribution in [1.29, 1.82) is 0 Å². The fourth-order valence-electron chi connectivity index (χ4n) is 2.63. The molecule has 0 bridgehead atoms. The second-order valence-corrected chi connectivity index (χ2v) is 6.03. The van der Waals surface area contributed by atoms with E-state index in [0.29, 0.717) is 6.54 Å². The second-order valence-electron chi connectivity index (χ2n) is 5.18. The second kappa shape index (κ2) is 8.24. The van der Waals surface area contributed by atoms with Gasteiger partial charge < -0.3 is 19.7 Å². The molecule has 2 aliphatic heterocycles. The van der Waals surface area contributed by atoms with Crippen LogP contribution < -0.4 is 14.8 Å². The van der Waals surface area contributed by atoms with Crippen LogP contribution in [0.25, 0.3) is 0 Å².